The molecule has 0 unspecified atom stereocenters. The van der Waals surface area contributed by atoms with Crippen LogP contribution < -0.4 is 0 Å². The van der Waals surface area contributed by atoms with Crippen molar-refractivity contribution in [2.45, 2.75) is 26.4 Å². The Bertz CT molecular complexity index is 360. The second kappa shape index (κ2) is 7.95. The van der Waals surface area contributed by atoms with Crippen molar-refractivity contribution in [1.82, 2.24) is 0 Å². The molecule has 0 radical (unpaired) electrons. The molecule has 0 saturated heterocycles. The molecule has 0 fully saturated rings. The lowest BCUT2D eigenvalue weighted by atomic mass is 10.1. The van der Waals surface area contributed by atoms with E-state index < -0.39 is 0 Å². The van der Waals surface area contributed by atoms with E-state index in [2.05, 4.69) is 0 Å². The first-order valence-electron chi connectivity index (χ1n) is 6.03. The van der Waals surface area contributed by atoms with Gasteiger partial charge in [0.1, 0.15) is 12.4 Å². The Morgan fingerprint density at radius 2 is 1.89 bits per heavy atom. The van der Waals surface area contributed by atoms with Crippen LogP contribution >= 0.6 is 0 Å². The monoisotopic (exact) mass is 254 g/mol. The highest BCUT2D eigenvalue weighted by Crippen LogP contribution is 2.04. The molecule has 0 N–H and O–H groups in total. The Hall–Kier alpha value is -1.26. The van der Waals surface area contributed by atoms with Crippen molar-refractivity contribution < 1.29 is 18.7 Å². The van der Waals surface area contributed by atoms with E-state index >= 15 is 0 Å². The summed E-state index contributed by atoms with van der Waals surface area (Å²) >= 11 is 0. The van der Waals surface area contributed by atoms with E-state index in [1.165, 1.54) is 12.1 Å². The largest absolute Gasteiger partial charge is 0.376 e. The number of carbonyl (C=O) groups is 1. The molecular formula is C14H19FO3. The number of carbonyl (C=O) groups excluding carboxylic acids is 1. The minimum absolute atomic E-state index is 0.0221. The van der Waals surface area contributed by atoms with Crippen LogP contribution in [0.15, 0.2) is 24.3 Å². The number of hydrogen-bond acceptors (Lipinski definition) is 3. The van der Waals surface area contributed by atoms with Crippen LogP contribution in [0, 0.1) is 5.82 Å². The second-order valence-corrected chi connectivity index (χ2v) is 4.31. The van der Waals surface area contributed by atoms with Gasteiger partial charge in [-0.15, -0.1) is 0 Å². The number of hydrogen-bond donors (Lipinski definition) is 0. The van der Waals surface area contributed by atoms with Crippen LogP contribution in [-0.2, 0) is 20.7 Å². The van der Waals surface area contributed by atoms with E-state index in [9.17, 15) is 9.18 Å². The van der Waals surface area contributed by atoms with Gasteiger partial charge in [0.15, 0.2) is 5.78 Å². The lowest BCUT2D eigenvalue weighted by molar-refractivity contribution is -0.123. The van der Waals surface area contributed by atoms with E-state index in [1.54, 1.807) is 12.1 Å². The molecule has 3 nitrogen and oxygen atoms in total. The summed E-state index contributed by atoms with van der Waals surface area (Å²) in [6.07, 6.45) is 0.439. The minimum atomic E-state index is -0.298. The van der Waals surface area contributed by atoms with Gasteiger partial charge in [-0.3, -0.25) is 4.79 Å². The third-order valence-electron chi connectivity index (χ3n) is 2.26. The second-order valence-electron chi connectivity index (χ2n) is 4.31. The van der Waals surface area contributed by atoms with E-state index in [0.29, 0.717) is 13.2 Å². The first-order valence-corrected chi connectivity index (χ1v) is 6.03. The molecule has 0 heterocycles. The normalized spacial score (nSPS) is 10.9. The van der Waals surface area contributed by atoms with Crippen LogP contribution in [0.4, 0.5) is 4.39 Å². The van der Waals surface area contributed by atoms with Crippen molar-refractivity contribution >= 4 is 5.78 Å². The molecule has 1 rings (SSSR count). The minimum Gasteiger partial charge on any atom is -0.376 e. The third-order valence-corrected chi connectivity index (χ3v) is 2.26. The number of rotatable bonds is 8. The summed E-state index contributed by atoms with van der Waals surface area (Å²) in [4.78, 5) is 11.5. The quantitative estimate of drug-likeness (QED) is 0.668. The maximum Gasteiger partial charge on any atom is 0.162 e. The SMILES string of the molecule is CC(C)OCCOCC(=O)Cc1ccc(F)cc1. The van der Waals surface area contributed by atoms with Gasteiger partial charge >= 0.3 is 0 Å². The Morgan fingerprint density at radius 1 is 1.22 bits per heavy atom. The molecule has 1 aromatic carbocycles. The van der Waals surface area contributed by atoms with Gasteiger partial charge in [-0.2, -0.15) is 0 Å². The van der Waals surface area contributed by atoms with Crippen molar-refractivity contribution in [2.75, 3.05) is 19.8 Å². The highest BCUT2D eigenvalue weighted by molar-refractivity contribution is 5.82. The molecule has 4 heteroatoms. The molecule has 0 saturated carbocycles. The van der Waals surface area contributed by atoms with Crippen molar-refractivity contribution in [2.24, 2.45) is 0 Å². The predicted octanol–water partition coefficient (Wildman–Crippen LogP) is 2.38. The van der Waals surface area contributed by atoms with Crippen LogP contribution in [0.3, 0.4) is 0 Å². The van der Waals surface area contributed by atoms with Gasteiger partial charge in [0.05, 0.1) is 19.3 Å². The van der Waals surface area contributed by atoms with Gasteiger partial charge < -0.3 is 9.47 Å². The number of halogens is 1. The maximum atomic E-state index is 12.7. The number of ketones is 1. The third kappa shape index (κ3) is 6.47. The molecule has 0 spiro atoms. The molecule has 0 aliphatic heterocycles. The number of ether oxygens (including phenoxy) is 2. The molecule has 0 aromatic heterocycles. The smallest absolute Gasteiger partial charge is 0.162 e. The Kier molecular flexibility index (Phi) is 6.54. The summed E-state index contributed by atoms with van der Waals surface area (Å²) in [5.74, 6) is -0.320. The molecule has 0 aliphatic carbocycles. The van der Waals surface area contributed by atoms with Gasteiger partial charge in [-0.1, -0.05) is 12.1 Å². The first-order chi connectivity index (χ1) is 8.58. The Balaban J connectivity index is 2.16. The van der Waals surface area contributed by atoms with Crippen LogP contribution in [0.2, 0.25) is 0 Å². The van der Waals surface area contributed by atoms with Gasteiger partial charge in [0.2, 0.25) is 0 Å². The zero-order valence-corrected chi connectivity index (χ0v) is 10.8. The van der Waals surface area contributed by atoms with Crippen molar-refractivity contribution in [3.63, 3.8) is 0 Å². The molecule has 1 aromatic rings. The lowest BCUT2D eigenvalue weighted by Gasteiger charge is -2.07. The average molecular weight is 254 g/mol. The molecule has 100 valence electrons. The zero-order valence-electron chi connectivity index (χ0n) is 10.8. The van der Waals surface area contributed by atoms with Crippen LogP contribution in [0.25, 0.3) is 0 Å². The summed E-state index contributed by atoms with van der Waals surface area (Å²) in [7, 11) is 0. The van der Waals surface area contributed by atoms with Gasteiger partial charge in [0.25, 0.3) is 0 Å². The van der Waals surface area contributed by atoms with Gasteiger partial charge in [-0.05, 0) is 31.5 Å². The predicted molar refractivity (Wildman–Crippen MR) is 67.0 cm³/mol. The number of benzene rings is 1. The highest BCUT2D eigenvalue weighted by atomic mass is 19.1. The van der Waals surface area contributed by atoms with E-state index in [0.717, 1.165) is 5.56 Å². The fraction of sp³-hybridized carbons (Fsp3) is 0.500. The number of Topliss-reactive ketones (excluding diaryl/α,β-unsaturated/α-hetero) is 1. The van der Waals surface area contributed by atoms with Crippen molar-refractivity contribution in [3.8, 4) is 0 Å². The standard InChI is InChI=1S/C14H19FO3/c1-11(2)18-8-7-17-10-14(16)9-12-3-5-13(15)6-4-12/h3-6,11H,7-10H2,1-2H3. The lowest BCUT2D eigenvalue weighted by Crippen LogP contribution is -2.15. The highest BCUT2D eigenvalue weighted by Gasteiger charge is 2.04. The molecule has 0 atom stereocenters. The first kappa shape index (κ1) is 14.8. The average Bonchev–Trinajstić information content (AvgIpc) is 2.31. The topological polar surface area (TPSA) is 35.5 Å². The molecule has 0 bridgehead atoms. The van der Waals surface area contributed by atoms with Gasteiger partial charge in [-0.25, -0.2) is 4.39 Å². The summed E-state index contributed by atoms with van der Waals surface area (Å²) < 4.78 is 23.1. The fourth-order valence-corrected chi connectivity index (χ4v) is 1.41. The Morgan fingerprint density at radius 3 is 2.50 bits per heavy atom. The fourth-order valence-electron chi connectivity index (χ4n) is 1.41. The molecular weight excluding hydrogens is 235 g/mol. The van der Waals surface area contributed by atoms with E-state index in [-0.39, 0.29) is 30.7 Å². The summed E-state index contributed by atoms with van der Waals surface area (Å²) in [5.41, 5.74) is 0.795. The Labute approximate surface area is 107 Å². The van der Waals surface area contributed by atoms with Crippen molar-refractivity contribution in [3.05, 3.63) is 35.6 Å². The van der Waals surface area contributed by atoms with E-state index in [4.69, 9.17) is 9.47 Å². The van der Waals surface area contributed by atoms with Gasteiger partial charge in [0, 0.05) is 6.42 Å². The molecule has 0 amide bonds. The van der Waals surface area contributed by atoms with Crippen LogP contribution in [0.1, 0.15) is 19.4 Å². The maximum absolute atomic E-state index is 12.7. The summed E-state index contributed by atoms with van der Waals surface area (Å²) in [6, 6.07) is 5.91. The van der Waals surface area contributed by atoms with Crippen LogP contribution in [-0.4, -0.2) is 31.7 Å². The van der Waals surface area contributed by atoms with E-state index in [1.807, 2.05) is 13.8 Å². The van der Waals surface area contributed by atoms with Crippen molar-refractivity contribution in [1.29, 1.82) is 0 Å². The zero-order chi connectivity index (χ0) is 13.4. The van der Waals surface area contributed by atoms with Crippen LogP contribution in [0.5, 0.6) is 0 Å². The molecule has 0 aliphatic rings. The summed E-state index contributed by atoms with van der Waals surface area (Å²) in [5, 5.41) is 0. The molecule has 18 heavy (non-hydrogen) atoms. The summed E-state index contributed by atoms with van der Waals surface area (Å²) in [6.45, 7) is 4.85.